The molecule has 0 aliphatic heterocycles. The first-order valence-corrected chi connectivity index (χ1v) is 8.00. The summed E-state index contributed by atoms with van der Waals surface area (Å²) in [4.78, 5) is -0.142. The maximum atomic E-state index is 13.2. The molecule has 1 aromatic carbocycles. The van der Waals surface area contributed by atoms with Crippen LogP contribution in [0, 0.1) is 5.82 Å². The molecular weight excluding hydrogens is 305 g/mol. The van der Waals surface area contributed by atoms with Crippen LogP contribution in [0.5, 0.6) is 0 Å². The van der Waals surface area contributed by atoms with E-state index in [9.17, 15) is 12.8 Å². The van der Waals surface area contributed by atoms with E-state index in [1.807, 2.05) is 6.92 Å². The molecule has 2 aromatic rings. The van der Waals surface area contributed by atoms with E-state index in [1.165, 1.54) is 0 Å². The molecule has 0 bridgehead atoms. The predicted octanol–water partition coefficient (Wildman–Crippen LogP) is 1.53. The van der Waals surface area contributed by atoms with Gasteiger partial charge in [-0.05, 0) is 24.6 Å². The number of aryl methyl sites for hydroxylation is 1. The summed E-state index contributed by atoms with van der Waals surface area (Å²) in [6.45, 7) is 1.31. The van der Waals surface area contributed by atoms with Gasteiger partial charge in [0.2, 0.25) is 5.13 Å². The summed E-state index contributed by atoms with van der Waals surface area (Å²) in [7, 11) is -3.88. The third-order valence-electron chi connectivity index (χ3n) is 2.49. The van der Waals surface area contributed by atoms with Crippen LogP contribution in [0.3, 0.4) is 0 Å². The molecule has 6 nitrogen and oxygen atoms in total. The minimum atomic E-state index is -3.88. The molecule has 0 saturated carbocycles. The summed E-state index contributed by atoms with van der Waals surface area (Å²) >= 11 is 1.13. The number of aliphatic hydroxyl groups is 1. The van der Waals surface area contributed by atoms with Crippen molar-refractivity contribution < 1.29 is 17.9 Å². The average Bonchev–Trinajstić information content (AvgIpc) is 2.86. The van der Waals surface area contributed by atoms with Crippen molar-refractivity contribution in [2.24, 2.45) is 0 Å². The van der Waals surface area contributed by atoms with Crippen LogP contribution < -0.4 is 4.72 Å². The lowest BCUT2D eigenvalue weighted by molar-refractivity contribution is 0.275. The third-order valence-corrected chi connectivity index (χ3v) is 4.94. The van der Waals surface area contributed by atoms with Crippen LogP contribution in [0.25, 0.3) is 0 Å². The molecule has 0 fully saturated rings. The van der Waals surface area contributed by atoms with Gasteiger partial charge in [0.1, 0.15) is 10.8 Å². The number of anilines is 1. The topological polar surface area (TPSA) is 92.2 Å². The molecule has 108 valence electrons. The van der Waals surface area contributed by atoms with Crippen molar-refractivity contribution in [3.8, 4) is 0 Å². The number of hydrogen-bond donors (Lipinski definition) is 2. The zero-order valence-corrected chi connectivity index (χ0v) is 12.1. The summed E-state index contributed by atoms with van der Waals surface area (Å²) < 4.78 is 39.7. The van der Waals surface area contributed by atoms with E-state index in [1.54, 1.807) is 0 Å². The van der Waals surface area contributed by atoms with E-state index < -0.39 is 22.4 Å². The highest BCUT2D eigenvalue weighted by Crippen LogP contribution is 2.21. The minimum absolute atomic E-state index is 0.0839. The first-order valence-electron chi connectivity index (χ1n) is 5.70. The van der Waals surface area contributed by atoms with Gasteiger partial charge in [-0.1, -0.05) is 18.3 Å². The highest BCUT2D eigenvalue weighted by Gasteiger charge is 2.18. The second-order valence-electron chi connectivity index (χ2n) is 3.87. The Balaban J connectivity index is 2.30. The second-order valence-corrected chi connectivity index (χ2v) is 6.62. The lowest BCUT2D eigenvalue weighted by Crippen LogP contribution is -2.13. The smallest absolute Gasteiger partial charge is 0.263 e. The lowest BCUT2D eigenvalue weighted by atomic mass is 10.2. The van der Waals surface area contributed by atoms with E-state index in [-0.39, 0.29) is 15.6 Å². The summed E-state index contributed by atoms with van der Waals surface area (Å²) in [5.41, 5.74) is -0.0839. The van der Waals surface area contributed by atoms with Crippen molar-refractivity contribution in [2.75, 3.05) is 4.72 Å². The van der Waals surface area contributed by atoms with Gasteiger partial charge >= 0.3 is 0 Å². The number of benzene rings is 1. The van der Waals surface area contributed by atoms with E-state index >= 15 is 0 Å². The molecule has 2 N–H and O–H groups in total. The molecule has 0 aliphatic rings. The molecule has 0 aliphatic carbocycles. The van der Waals surface area contributed by atoms with E-state index in [2.05, 4.69) is 14.9 Å². The van der Waals surface area contributed by atoms with Crippen molar-refractivity contribution in [2.45, 2.75) is 24.8 Å². The number of nitrogens with zero attached hydrogens (tertiary/aromatic N) is 2. The summed E-state index contributed by atoms with van der Waals surface area (Å²) in [5, 5.41) is 17.3. The Hall–Kier alpha value is -1.58. The third kappa shape index (κ3) is 3.11. The first-order chi connectivity index (χ1) is 9.46. The molecule has 0 amide bonds. The quantitative estimate of drug-likeness (QED) is 0.872. The number of aliphatic hydroxyl groups excluding tert-OH is 1. The normalized spacial score (nSPS) is 11.6. The van der Waals surface area contributed by atoms with Crippen LogP contribution in [0.2, 0.25) is 0 Å². The highest BCUT2D eigenvalue weighted by atomic mass is 32.2. The average molecular weight is 317 g/mol. The van der Waals surface area contributed by atoms with Gasteiger partial charge in [0.05, 0.1) is 11.5 Å². The molecule has 1 aromatic heterocycles. The van der Waals surface area contributed by atoms with E-state index in [4.69, 9.17) is 5.11 Å². The van der Waals surface area contributed by atoms with Crippen LogP contribution in [-0.4, -0.2) is 23.7 Å². The summed E-state index contributed by atoms with van der Waals surface area (Å²) in [6.07, 6.45) is 0.657. The number of sulfonamides is 1. The fourth-order valence-electron chi connectivity index (χ4n) is 1.45. The summed E-state index contributed by atoms with van der Waals surface area (Å²) in [6, 6.07) is 3.20. The number of rotatable bonds is 5. The Morgan fingerprint density at radius 1 is 1.40 bits per heavy atom. The maximum absolute atomic E-state index is 13.2. The SMILES string of the molecule is CCc1nnc(NS(=O)(=O)c2ccc(F)c(CO)c2)s1. The van der Waals surface area contributed by atoms with Crippen LogP contribution in [0.1, 0.15) is 17.5 Å². The molecule has 0 atom stereocenters. The van der Waals surface area contributed by atoms with Gasteiger partial charge in [0.15, 0.2) is 0 Å². The number of hydrogen-bond acceptors (Lipinski definition) is 6. The van der Waals surface area contributed by atoms with E-state index in [0.717, 1.165) is 29.5 Å². The van der Waals surface area contributed by atoms with Gasteiger partial charge in [0, 0.05) is 5.56 Å². The Labute approximate surface area is 119 Å². The molecule has 0 unspecified atom stereocenters. The minimum Gasteiger partial charge on any atom is -0.392 e. The summed E-state index contributed by atoms with van der Waals surface area (Å²) in [5.74, 6) is -0.657. The van der Waals surface area contributed by atoms with Crippen molar-refractivity contribution in [1.82, 2.24) is 10.2 Å². The fraction of sp³-hybridized carbons (Fsp3) is 0.273. The standard InChI is InChI=1S/C11H12FN3O3S2/c1-2-10-13-14-11(19-10)15-20(17,18)8-3-4-9(12)7(5-8)6-16/h3-5,16H,2,6H2,1H3,(H,14,15). The first kappa shape index (κ1) is 14.8. The second kappa shape index (κ2) is 5.81. The predicted molar refractivity (Wildman–Crippen MR) is 72.4 cm³/mol. The lowest BCUT2D eigenvalue weighted by Gasteiger charge is -2.06. The molecular formula is C11H12FN3O3S2. The Morgan fingerprint density at radius 2 is 2.15 bits per heavy atom. The van der Waals surface area contributed by atoms with Crippen molar-refractivity contribution >= 4 is 26.5 Å². The molecule has 2 rings (SSSR count). The monoisotopic (exact) mass is 317 g/mol. The Bertz CT molecular complexity index is 715. The van der Waals surface area contributed by atoms with Crippen molar-refractivity contribution in [1.29, 1.82) is 0 Å². The zero-order valence-electron chi connectivity index (χ0n) is 10.5. The Morgan fingerprint density at radius 3 is 2.75 bits per heavy atom. The van der Waals surface area contributed by atoms with Gasteiger partial charge in [-0.15, -0.1) is 10.2 Å². The number of aromatic nitrogens is 2. The molecule has 0 spiro atoms. The molecule has 20 heavy (non-hydrogen) atoms. The van der Waals surface area contributed by atoms with Crippen molar-refractivity contribution in [3.05, 3.63) is 34.6 Å². The Kier molecular flexibility index (Phi) is 4.31. The van der Waals surface area contributed by atoms with Crippen molar-refractivity contribution in [3.63, 3.8) is 0 Å². The molecule has 0 saturated heterocycles. The molecule has 1 heterocycles. The van der Waals surface area contributed by atoms with Crippen LogP contribution >= 0.6 is 11.3 Å². The van der Waals surface area contributed by atoms with Crippen LogP contribution in [0.15, 0.2) is 23.1 Å². The molecule has 0 radical (unpaired) electrons. The molecule has 9 heteroatoms. The van der Waals surface area contributed by atoms with E-state index in [0.29, 0.717) is 11.4 Å². The van der Waals surface area contributed by atoms with Gasteiger partial charge < -0.3 is 5.11 Å². The largest absolute Gasteiger partial charge is 0.392 e. The number of halogens is 1. The van der Waals surface area contributed by atoms with Gasteiger partial charge in [-0.3, -0.25) is 4.72 Å². The van der Waals surface area contributed by atoms with Gasteiger partial charge in [-0.2, -0.15) is 0 Å². The van der Waals surface area contributed by atoms with Gasteiger partial charge in [-0.25, -0.2) is 12.8 Å². The van der Waals surface area contributed by atoms with Gasteiger partial charge in [0.25, 0.3) is 10.0 Å². The van der Waals surface area contributed by atoms with Crippen LogP contribution in [0.4, 0.5) is 9.52 Å². The number of nitrogens with one attached hydrogen (secondary N) is 1. The van der Waals surface area contributed by atoms with Crippen LogP contribution in [-0.2, 0) is 23.1 Å². The fourth-order valence-corrected chi connectivity index (χ4v) is 3.41. The highest BCUT2D eigenvalue weighted by molar-refractivity contribution is 7.93. The zero-order chi connectivity index (χ0) is 14.8. The maximum Gasteiger partial charge on any atom is 0.263 e.